The first kappa shape index (κ1) is 11.5. The van der Waals surface area contributed by atoms with Crippen LogP contribution in [0.25, 0.3) is 0 Å². The highest BCUT2D eigenvalue weighted by atomic mass is 79.9. The van der Waals surface area contributed by atoms with Crippen molar-refractivity contribution in [2.24, 2.45) is 0 Å². The molecule has 0 saturated carbocycles. The van der Waals surface area contributed by atoms with E-state index in [-0.39, 0.29) is 5.97 Å². The van der Waals surface area contributed by atoms with Crippen LogP contribution in [0, 0.1) is 0 Å². The van der Waals surface area contributed by atoms with Crippen LogP contribution in [-0.2, 0) is 4.43 Å². The molecule has 0 N–H and O–H groups in total. The molecule has 1 aromatic rings. The van der Waals surface area contributed by atoms with Crippen molar-refractivity contribution in [3.63, 3.8) is 0 Å². The highest BCUT2D eigenvalue weighted by Crippen LogP contribution is 2.14. The van der Waals surface area contributed by atoms with Gasteiger partial charge in [0, 0.05) is 4.47 Å². The van der Waals surface area contributed by atoms with Gasteiger partial charge in [-0.15, -0.1) is 0 Å². The first-order chi connectivity index (χ1) is 6.38. The third-order valence-corrected chi connectivity index (χ3v) is 2.75. The van der Waals surface area contributed by atoms with E-state index in [1.165, 1.54) is 0 Å². The Hall–Kier alpha value is -0.613. The van der Waals surface area contributed by atoms with Crippen LogP contribution in [-0.4, -0.2) is 14.3 Å². The van der Waals surface area contributed by atoms with Crippen LogP contribution < -0.4 is 0 Å². The SMILES string of the molecule is C[Si](C)(C)OC(=O)c1cccc(Br)c1. The van der Waals surface area contributed by atoms with Crippen molar-refractivity contribution in [3.8, 4) is 0 Å². The normalized spacial score (nSPS) is 11.1. The molecule has 2 nitrogen and oxygen atoms in total. The molecular weight excluding hydrogens is 260 g/mol. The first-order valence-electron chi connectivity index (χ1n) is 4.37. The fraction of sp³-hybridized carbons (Fsp3) is 0.300. The third kappa shape index (κ3) is 3.63. The summed E-state index contributed by atoms with van der Waals surface area (Å²) < 4.78 is 6.25. The minimum absolute atomic E-state index is 0.231. The Morgan fingerprint density at radius 1 is 1.36 bits per heavy atom. The van der Waals surface area contributed by atoms with Gasteiger partial charge in [-0.05, 0) is 37.8 Å². The lowest BCUT2D eigenvalue weighted by Gasteiger charge is -2.17. The van der Waals surface area contributed by atoms with Crippen molar-refractivity contribution < 1.29 is 9.22 Å². The van der Waals surface area contributed by atoms with E-state index in [0.29, 0.717) is 5.56 Å². The molecule has 0 spiro atoms. The summed E-state index contributed by atoms with van der Waals surface area (Å²) in [6.45, 7) is 5.97. The van der Waals surface area contributed by atoms with Crippen LogP contribution in [0.3, 0.4) is 0 Å². The second-order valence-corrected chi connectivity index (χ2v) is 9.36. The number of rotatable bonds is 2. The number of carbonyl (C=O) groups excluding carboxylic acids is 1. The maximum Gasteiger partial charge on any atom is 0.324 e. The molecule has 4 heteroatoms. The summed E-state index contributed by atoms with van der Waals surface area (Å²) in [5, 5.41) is 0. The summed E-state index contributed by atoms with van der Waals surface area (Å²) >= 11 is 3.31. The van der Waals surface area contributed by atoms with Crippen LogP contribution in [0.2, 0.25) is 19.6 Å². The van der Waals surface area contributed by atoms with E-state index in [2.05, 4.69) is 15.9 Å². The van der Waals surface area contributed by atoms with E-state index < -0.39 is 8.32 Å². The molecular formula is C10H13BrO2Si. The lowest BCUT2D eigenvalue weighted by molar-refractivity contribution is 0.0724. The molecule has 14 heavy (non-hydrogen) atoms. The van der Waals surface area contributed by atoms with Crippen molar-refractivity contribution in [2.75, 3.05) is 0 Å². The summed E-state index contributed by atoms with van der Waals surface area (Å²) in [7, 11) is -1.79. The van der Waals surface area contributed by atoms with E-state index in [1.54, 1.807) is 12.1 Å². The largest absolute Gasteiger partial charge is 0.516 e. The number of hydrogen-bond acceptors (Lipinski definition) is 2. The van der Waals surface area contributed by atoms with Crippen LogP contribution in [0.15, 0.2) is 28.7 Å². The zero-order valence-electron chi connectivity index (χ0n) is 8.50. The van der Waals surface area contributed by atoms with E-state index in [9.17, 15) is 4.79 Å². The Morgan fingerprint density at radius 3 is 2.50 bits per heavy atom. The number of hydrogen-bond donors (Lipinski definition) is 0. The Labute approximate surface area is 93.5 Å². The Bertz CT molecular complexity index is 344. The molecule has 0 aliphatic carbocycles. The average Bonchev–Trinajstić information content (AvgIpc) is 2.01. The quantitative estimate of drug-likeness (QED) is 0.771. The predicted octanol–water partition coefficient (Wildman–Crippen LogP) is 3.44. The molecule has 0 heterocycles. The highest BCUT2D eigenvalue weighted by molar-refractivity contribution is 9.10. The molecule has 1 rings (SSSR count). The molecule has 0 aromatic heterocycles. The Kier molecular flexibility index (Phi) is 3.50. The summed E-state index contributed by atoms with van der Waals surface area (Å²) in [4.78, 5) is 11.6. The molecule has 0 atom stereocenters. The van der Waals surface area contributed by atoms with Gasteiger partial charge in [0.05, 0.1) is 5.56 Å². The number of halogens is 1. The van der Waals surface area contributed by atoms with Gasteiger partial charge in [-0.2, -0.15) is 0 Å². The molecule has 0 bridgehead atoms. The van der Waals surface area contributed by atoms with Crippen LogP contribution >= 0.6 is 15.9 Å². The van der Waals surface area contributed by atoms with Crippen LogP contribution in [0.5, 0.6) is 0 Å². The maximum atomic E-state index is 11.6. The van der Waals surface area contributed by atoms with E-state index in [1.807, 2.05) is 31.8 Å². The fourth-order valence-electron chi connectivity index (χ4n) is 0.952. The van der Waals surface area contributed by atoms with Gasteiger partial charge in [0.25, 0.3) is 0 Å². The van der Waals surface area contributed by atoms with Crippen molar-refractivity contribution in [2.45, 2.75) is 19.6 Å². The highest BCUT2D eigenvalue weighted by Gasteiger charge is 2.20. The number of carbonyl (C=O) groups is 1. The topological polar surface area (TPSA) is 26.3 Å². The van der Waals surface area contributed by atoms with Gasteiger partial charge in [-0.1, -0.05) is 22.0 Å². The van der Waals surface area contributed by atoms with Crippen molar-refractivity contribution >= 4 is 30.2 Å². The zero-order valence-corrected chi connectivity index (χ0v) is 11.1. The van der Waals surface area contributed by atoms with Crippen LogP contribution in [0.1, 0.15) is 10.4 Å². The lowest BCUT2D eigenvalue weighted by atomic mass is 10.2. The van der Waals surface area contributed by atoms with Gasteiger partial charge < -0.3 is 4.43 Å². The molecule has 0 aliphatic rings. The van der Waals surface area contributed by atoms with Gasteiger partial charge in [-0.25, -0.2) is 4.79 Å². The molecule has 0 radical (unpaired) electrons. The van der Waals surface area contributed by atoms with E-state index in [4.69, 9.17) is 4.43 Å². The Balaban J connectivity index is 2.80. The number of benzene rings is 1. The smallest absolute Gasteiger partial charge is 0.324 e. The van der Waals surface area contributed by atoms with Gasteiger partial charge in [-0.3, -0.25) is 0 Å². The molecule has 0 aliphatic heterocycles. The average molecular weight is 273 g/mol. The van der Waals surface area contributed by atoms with Gasteiger partial charge >= 0.3 is 5.97 Å². The zero-order chi connectivity index (χ0) is 10.8. The second-order valence-electron chi connectivity index (χ2n) is 4.01. The lowest BCUT2D eigenvalue weighted by Crippen LogP contribution is -2.29. The van der Waals surface area contributed by atoms with Gasteiger partial charge in [0.1, 0.15) is 0 Å². The van der Waals surface area contributed by atoms with Crippen molar-refractivity contribution in [3.05, 3.63) is 34.3 Å². The maximum absolute atomic E-state index is 11.6. The van der Waals surface area contributed by atoms with E-state index >= 15 is 0 Å². The van der Waals surface area contributed by atoms with E-state index in [0.717, 1.165) is 4.47 Å². The van der Waals surface area contributed by atoms with Gasteiger partial charge in [0.2, 0.25) is 8.32 Å². The molecule has 76 valence electrons. The predicted molar refractivity (Wildman–Crippen MR) is 62.9 cm³/mol. The minimum atomic E-state index is -1.79. The van der Waals surface area contributed by atoms with Gasteiger partial charge in [0.15, 0.2) is 0 Å². The summed E-state index contributed by atoms with van der Waals surface area (Å²) in [5.41, 5.74) is 0.599. The summed E-state index contributed by atoms with van der Waals surface area (Å²) in [5.74, 6) is -0.231. The summed E-state index contributed by atoms with van der Waals surface area (Å²) in [6.07, 6.45) is 0. The molecule has 0 amide bonds. The minimum Gasteiger partial charge on any atom is -0.516 e. The standard InChI is InChI=1S/C10H13BrO2Si/c1-14(2,3)13-10(12)8-5-4-6-9(11)7-8/h4-7H,1-3H3. The van der Waals surface area contributed by atoms with Crippen LogP contribution in [0.4, 0.5) is 0 Å². The monoisotopic (exact) mass is 272 g/mol. The van der Waals surface area contributed by atoms with Crippen molar-refractivity contribution in [1.29, 1.82) is 0 Å². The first-order valence-corrected chi connectivity index (χ1v) is 8.57. The summed E-state index contributed by atoms with van der Waals surface area (Å²) in [6, 6.07) is 7.23. The van der Waals surface area contributed by atoms with Crippen molar-refractivity contribution in [1.82, 2.24) is 0 Å². The third-order valence-electron chi connectivity index (χ3n) is 1.46. The molecule has 0 fully saturated rings. The molecule has 0 unspecified atom stereocenters. The molecule has 0 saturated heterocycles. The second kappa shape index (κ2) is 4.27. The molecule has 1 aromatic carbocycles. The Morgan fingerprint density at radius 2 is 2.00 bits per heavy atom. The fourth-order valence-corrected chi connectivity index (χ4v) is 2.03.